The minimum Gasteiger partial charge on any atom is -0.337 e. The van der Waals surface area contributed by atoms with Crippen molar-refractivity contribution in [2.75, 3.05) is 26.2 Å². The van der Waals surface area contributed by atoms with Crippen LogP contribution in [-0.2, 0) is 0 Å². The van der Waals surface area contributed by atoms with Crippen LogP contribution in [0.2, 0.25) is 0 Å². The Kier molecular flexibility index (Phi) is 5.39. The maximum atomic E-state index is 13.0. The topological polar surface area (TPSA) is 50.2 Å². The van der Waals surface area contributed by atoms with Gasteiger partial charge in [0.1, 0.15) is 5.82 Å². The summed E-state index contributed by atoms with van der Waals surface area (Å²) < 4.78 is 14.6. The molecule has 0 radical (unpaired) electrons. The van der Waals surface area contributed by atoms with Crippen LogP contribution in [0.4, 0.5) is 4.39 Å². The van der Waals surface area contributed by atoms with Crippen molar-refractivity contribution >= 4 is 18.3 Å². The molecule has 1 aromatic heterocycles. The number of fused-ring (bicyclic) bond motifs is 1. The number of halogens is 2. The van der Waals surface area contributed by atoms with E-state index in [1.54, 1.807) is 29.1 Å². The van der Waals surface area contributed by atoms with Crippen LogP contribution < -0.4 is 5.32 Å². The summed E-state index contributed by atoms with van der Waals surface area (Å²) in [5.74, 6) is 1.09. The fourth-order valence-electron chi connectivity index (χ4n) is 3.76. The molecule has 3 heterocycles. The Bertz CT molecular complexity index is 719. The molecule has 2 aliphatic rings. The van der Waals surface area contributed by atoms with E-state index in [-0.39, 0.29) is 24.1 Å². The molecule has 1 N–H and O–H groups in total. The third-order valence-corrected chi connectivity index (χ3v) is 5.21. The van der Waals surface area contributed by atoms with Crippen LogP contribution in [-0.4, -0.2) is 46.8 Å². The van der Waals surface area contributed by atoms with Gasteiger partial charge in [0.15, 0.2) is 5.69 Å². The van der Waals surface area contributed by atoms with Gasteiger partial charge in [-0.2, -0.15) is 5.10 Å². The molecule has 1 amide bonds. The predicted molar refractivity (Wildman–Crippen MR) is 95.8 cm³/mol. The highest BCUT2D eigenvalue weighted by molar-refractivity contribution is 5.92. The second-order valence-electron chi connectivity index (χ2n) is 6.67. The quantitative estimate of drug-likeness (QED) is 0.890. The largest absolute Gasteiger partial charge is 0.337 e. The minimum absolute atomic E-state index is 0. The van der Waals surface area contributed by atoms with Crippen molar-refractivity contribution in [1.82, 2.24) is 20.0 Å². The summed E-state index contributed by atoms with van der Waals surface area (Å²) in [4.78, 5) is 14.7. The molecule has 2 fully saturated rings. The number of hydrogen-bond acceptors (Lipinski definition) is 3. The van der Waals surface area contributed by atoms with Crippen molar-refractivity contribution < 1.29 is 9.18 Å². The predicted octanol–water partition coefficient (Wildman–Crippen LogP) is 2.50. The molecule has 0 bridgehead atoms. The van der Waals surface area contributed by atoms with E-state index in [0.29, 0.717) is 17.5 Å². The Labute approximate surface area is 152 Å². The lowest BCUT2D eigenvalue weighted by Crippen LogP contribution is -2.33. The lowest BCUT2D eigenvalue weighted by atomic mass is 9.92. The fourth-order valence-corrected chi connectivity index (χ4v) is 3.76. The first kappa shape index (κ1) is 17.9. The van der Waals surface area contributed by atoms with E-state index in [9.17, 15) is 9.18 Å². The lowest BCUT2D eigenvalue weighted by molar-refractivity contribution is 0.0752. The zero-order chi connectivity index (χ0) is 16.5. The smallest absolute Gasteiger partial charge is 0.274 e. The zero-order valence-corrected chi connectivity index (χ0v) is 14.7. The molecule has 2 atom stereocenters. The van der Waals surface area contributed by atoms with Crippen molar-refractivity contribution in [3.8, 4) is 5.69 Å². The number of carbonyl (C=O) groups is 1. The van der Waals surface area contributed by atoms with Crippen LogP contribution in [0.5, 0.6) is 0 Å². The first-order valence-electron chi connectivity index (χ1n) is 8.52. The van der Waals surface area contributed by atoms with Crippen molar-refractivity contribution in [2.24, 2.45) is 11.8 Å². The van der Waals surface area contributed by atoms with Crippen LogP contribution in [0.25, 0.3) is 5.69 Å². The number of aromatic nitrogens is 2. The summed E-state index contributed by atoms with van der Waals surface area (Å²) in [5.41, 5.74) is 1.19. The van der Waals surface area contributed by atoms with Gasteiger partial charge < -0.3 is 10.2 Å². The monoisotopic (exact) mass is 364 g/mol. The van der Waals surface area contributed by atoms with E-state index >= 15 is 0 Å². The summed E-state index contributed by atoms with van der Waals surface area (Å²) >= 11 is 0. The maximum Gasteiger partial charge on any atom is 0.274 e. The number of hydrogen-bond donors (Lipinski definition) is 1. The Morgan fingerprint density at radius 3 is 2.36 bits per heavy atom. The van der Waals surface area contributed by atoms with Crippen molar-refractivity contribution in [1.29, 1.82) is 0 Å². The molecule has 134 valence electrons. The highest BCUT2D eigenvalue weighted by Crippen LogP contribution is 2.27. The number of nitrogens with one attached hydrogen (secondary N) is 1. The van der Waals surface area contributed by atoms with E-state index in [0.717, 1.165) is 44.7 Å². The molecule has 7 heteroatoms. The molecule has 5 nitrogen and oxygen atoms in total. The van der Waals surface area contributed by atoms with Gasteiger partial charge in [-0.3, -0.25) is 4.79 Å². The number of amides is 1. The van der Waals surface area contributed by atoms with E-state index in [1.807, 2.05) is 4.90 Å². The van der Waals surface area contributed by atoms with Gasteiger partial charge >= 0.3 is 0 Å². The third-order valence-electron chi connectivity index (χ3n) is 5.21. The second kappa shape index (κ2) is 7.54. The number of rotatable bonds is 2. The Morgan fingerprint density at radius 2 is 1.72 bits per heavy atom. The number of carbonyl (C=O) groups excluding carboxylic acids is 1. The standard InChI is InChI=1S/C18H21FN4O.ClH/c19-15-1-3-16(4-2-15)23-10-7-17(21-23)18(24)22-8-5-13-11-20-12-14(13)6-9-22;/h1-4,7,10,13-14,20H,5-6,8-9,11-12H2;1H/t13-,14+;. The first-order valence-corrected chi connectivity index (χ1v) is 8.52. The number of nitrogens with zero attached hydrogens (tertiary/aromatic N) is 3. The SMILES string of the molecule is Cl.O=C(c1ccn(-c2ccc(F)cc2)n1)N1CC[C@@H]2CNC[C@@H]2CC1. The summed E-state index contributed by atoms with van der Waals surface area (Å²) in [7, 11) is 0. The number of benzene rings is 1. The van der Waals surface area contributed by atoms with E-state index in [4.69, 9.17) is 0 Å². The van der Waals surface area contributed by atoms with Gasteiger partial charge in [-0.25, -0.2) is 9.07 Å². The summed E-state index contributed by atoms with van der Waals surface area (Å²) in [6.07, 6.45) is 3.86. The van der Waals surface area contributed by atoms with Crippen LogP contribution >= 0.6 is 12.4 Å². The molecule has 2 aromatic rings. The molecule has 25 heavy (non-hydrogen) atoms. The van der Waals surface area contributed by atoms with Crippen LogP contribution in [0.1, 0.15) is 23.3 Å². The summed E-state index contributed by atoms with van der Waals surface area (Å²) in [6.45, 7) is 3.74. The molecule has 2 saturated heterocycles. The molecular weight excluding hydrogens is 343 g/mol. The minimum atomic E-state index is -0.285. The van der Waals surface area contributed by atoms with Gasteiger partial charge in [0.05, 0.1) is 5.69 Å². The average molecular weight is 365 g/mol. The van der Waals surface area contributed by atoms with Gasteiger partial charge in [0, 0.05) is 19.3 Å². The average Bonchev–Trinajstić information content (AvgIpc) is 3.21. The number of likely N-dealkylation sites (tertiary alicyclic amines) is 1. The molecule has 2 aliphatic heterocycles. The first-order chi connectivity index (χ1) is 11.7. The second-order valence-corrected chi connectivity index (χ2v) is 6.67. The Balaban J connectivity index is 0.00000182. The fraction of sp³-hybridized carbons (Fsp3) is 0.444. The molecule has 0 aliphatic carbocycles. The van der Waals surface area contributed by atoms with E-state index in [1.165, 1.54) is 12.1 Å². The summed E-state index contributed by atoms with van der Waals surface area (Å²) in [5, 5.41) is 7.83. The van der Waals surface area contributed by atoms with Crippen molar-refractivity contribution in [3.05, 3.63) is 48.0 Å². The van der Waals surface area contributed by atoms with Gasteiger partial charge in [0.2, 0.25) is 0 Å². The van der Waals surface area contributed by atoms with Crippen LogP contribution in [0.3, 0.4) is 0 Å². The van der Waals surface area contributed by atoms with Gasteiger partial charge in [0.25, 0.3) is 5.91 Å². The van der Waals surface area contributed by atoms with Gasteiger partial charge in [-0.1, -0.05) is 0 Å². The van der Waals surface area contributed by atoms with Crippen LogP contribution in [0, 0.1) is 17.7 Å². The maximum absolute atomic E-state index is 13.0. The highest BCUT2D eigenvalue weighted by Gasteiger charge is 2.32. The molecule has 0 unspecified atom stereocenters. The highest BCUT2D eigenvalue weighted by atomic mass is 35.5. The van der Waals surface area contributed by atoms with Gasteiger partial charge in [-0.05, 0) is 68.1 Å². The van der Waals surface area contributed by atoms with Crippen molar-refractivity contribution in [2.45, 2.75) is 12.8 Å². The summed E-state index contributed by atoms with van der Waals surface area (Å²) in [6, 6.07) is 7.81. The third kappa shape index (κ3) is 3.70. The molecule has 4 rings (SSSR count). The van der Waals surface area contributed by atoms with Crippen LogP contribution in [0.15, 0.2) is 36.5 Å². The zero-order valence-electron chi connectivity index (χ0n) is 13.9. The Morgan fingerprint density at radius 1 is 1.08 bits per heavy atom. The molecular formula is C18H22ClFN4O. The lowest BCUT2D eigenvalue weighted by Gasteiger charge is -2.19. The molecule has 0 saturated carbocycles. The van der Waals surface area contributed by atoms with Gasteiger partial charge in [-0.15, -0.1) is 12.4 Å². The van der Waals surface area contributed by atoms with E-state index in [2.05, 4.69) is 10.4 Å². The normalized spacial score (nSPS) is 22.8. The molecule has 0 spiro atoms. The van der Waals surface area contributed by atoms with E-state index < -0.39 is 0 Å². The Hall–Kier alpha value is -1.92. The van der Waals surface area contributed by atoms with Crippen molar-refractivity contribution in [3.63, 3.8) is 0 Å². The molecule has 1 aromatic carbocycles.